The molecule has 2 fully saturated rings. The molecule has 106 valence electrons. The summed E-state index contributed by atoms with van der Waals surface area (Å²) in [6.45, 7) is 0.480. The molecule has 2 amide bonds. The van der Waals surface area contributed by atoms with Crippen molar-refractivity contribution in [1.29, 1.82) is 0 Å². The van der Waals surface area contributed by atoms with Crippen LogP contribution < -0.4 is 5.32 Å². The van der Waals surface area contributed by atoms with E-state index in [-0.39, 0.29) is 23.7 Å². The van der Waals surface area contributed by atoms with Gasteiger partial charge >= 0.3 is 0 Å². The topological polar surface area (TPSA) is 55.4 Å². The van der Waals surface area contributed by atoms with Gasteiger partial charge in [-0.2, -0.15) is 0 Å². The number of amides is 2. The van der Waals surface area contributed by atoms with Crippen LogP contribution in [0.5, 0.6) is 0 Å². The lowest BCUT2D eigenvalue weighted by Crippen LogP contribution is -2.34. The molecule has 3 rings (SSSR count). The van der Waals surface area contributed by atoms with E-state index in [9.17, 15) is 9.59 Å². The van der Waals surface area contributed by atoms with Crippen molar-refractivity contribution in [3.63, 3.8) is 0 Å². The van der Waals surface area contributed by atoms with E-state index in [1.807, 2.05) is 6.07 Å². The van der Waals surface area contributed by atoms with Gasteiger partial charge in [0.05, 0.1) is 21.9 Å². The van der Waals surface area contributed by atoms with E-state index in [0.29, 0.717) is 23.1 Å². The molecule has 1 N–H and O–H groups in total. The summed E-state index contributed by atoms with van der Waals surface area (Å²) in [7, 11) is 1.60. The van der Waals surface area contributed by atoms with Crippen molar-refractivity contribution in [3.05, 3.63) is 33.8 Å². The molecule has 6 heteroatoms. The zero-order valence-electron chi connectivity index (χ0n) is 10.8. The normalized spacial score (nSPS) is 31.1. The molecule has 0 bridgehead atoms. The lowest BCUT2D eigenvalue weighted by molar-refractivity contribution is -0.128. The van der Waals surface area contributed by atoms with Crippen LogP contribution >= 0.6 is 23.2 Å². The molecule has 2 unspecified atom stereocenters. The number of fused-ring (bicyclic) bond motifs is 1. The number of carbonyl (C=O) groups is 2. The van der Waals surface area contributed by atoms with Gasteiger partial charge in [0.15, 0.2) is 0 Å². The minimum absolute atomic E-state index is 0.206. The maximum Gasteiger partial charge on any atom is 0.231 e. The van der Waals surface area contributed by atoms with E-state index in [1.165, 1.54) is 0 Å². The summed E-state index contributed by atoms with van der Waals surface area (Å²) in [5.74, 6) is -1.05. The minimum Gasteiger partial charge on any atom is -0.385 e. The Bertz CT molecular complexity index is 582. The molecular weight excluding hydrogens is 301 g/mol. The van der Waals surface area contributed by atoms with Crippen LogP contribution in [-0.4, -0.2) is 25.5 Å². The second kappa shape index (κ2) is 4.72. The standard InChI is InChI=1S/C14H13Cl2NO3/c1-20-5-4-14(7-2-3-8(15)9(16)6-7)10-11(14)13(19)17-12(10)18/h2-3,6,10-11H,4-5H2,1H3,(H,17,18,19). The number of rotatable bonds is 4. The smallest absolute Gasteiger partial charge is 0.231 e. The lowest BCUT2D eigenvalue weighted by atomic mass is 9.87. The molecule has 1 saturated heterocycles. The molecule has 1 aliphatic carbocycles. The maximum absolute atomic E-state index is 11.9. The summed E-state index contributed by atoms with van der Waals surface area (Å²) in [6, 6.07) is 5.28. The number of hydrogen-bond acceptors (Lipinski definition) is 3. The Morgan fingerprint density at radius 3 is 2.40 bits per heavy atom. The Morgan fingerprint density at radius 2 is 1.85 bits per heavy atom. The molecule has 1 aromatic carbocycles. The van der Waals surface area contributed by atoms with Gasteiger partial charge in [-0.25, -0.2) is 0 Å². The summed E-state index contributed by atoms with van der Waals surface area (Å²) in [5, 5.41) is 3.25. The van der Waals surface area contributed by atoms with Crippen LogP contribution in [0.25, 0.3) is 0 Å². The Balaban J connectivity index is 2.02. The van der Waals surface area contributed by atoms with Gasteiger partial charge in [-0.15, -0.1) is 0 Å². The van der Waals surface area contributed by atoms with E-state index in [1.54, 1.807) is 19.2 Å². The Labute approximate surface area is 126 Å². The number of methoxy groups -OCH3 is 1. The number of halogens is 2. The average molecular weight is 314 g/mol. The molecule has 1 aromatic rings. The number of benzene rings is 1. The zero-order chi connectivity index (χ0) is 14.5. The first kappa shape index (κ1) is 13.9. The summed E-state index contributed by atoms with van der Waals surface area (Å²) >= 11 is 12.0. The van der Waals surface area contributed by atoms with Crippen LogP contribution in [0.15, 0.2) is 18.2 Å². The van der Waals surface area contributed by atoms with Crippen molar-refractivity contribution >= 4 is 35.0 Å². The fourth-order valence-corrected chi connectivity index (χ4v) is 3.66. The monoisotopic (exact) mass is 313 g/mol. The van der Waals surface area contributed by atoms with Crippen LogP contribution in [0.1, 0.15) is 12.0 Å². The fourth-order valence-electron chi connectivity index (χ4n) is 3.36. The quantitative estimate of drug-likeness (QED) is 0.867. The Kier molecular flexibility index (Phi) is 3.27. The first-order valence-corrected chi connectivity index (χ1v) is 7.07. The van der Waals surface area contributed by atoms with Crippen molar-refractivity contribution in [2.45, 2.75) is 11.8 Å². The maximum atomic E-state index is 11.9. The summed E-state index contributed by atoms with van der Waals surface area (Å²) in [6.07, 6.45) is 0.607. The number of piperidine rings is 1. The molecule has 20 heavy (non-hydrogen) atoms. The van der Waals surface area contributed by atoms with Crippen LogP contribution in [0.2, 0.25) is 10.0 Å². The van der Waals surface area contributed by atoms with Gasteiger partial charge in [0.1, 0.15) is 0 Å². The summed E-state index contributed by atoms with van der Waals surface area (Å²) < 4.78 is 5.13. The highest BCUT2D eigenvalue weighted by Crippen LogP contribution is 2.64. The highest BCUT2D eigenvalue weighted by Gasteiger charge is 2.75. The van der Waals surface area contributed by atoms with E-state index >= 15 is 0 Å². The van der Waals surface area contributed by atoms with Crippen molar-refractivity contribution in [2.75, 3.05) is 13.7 Å². The molecule has 0 aromatic heterocycles. The van der Waals surface area contributed by atoms with Crippen LogP contribution in [0.3, 0.4) is 0 Å². The summed E-state index contributed by atoms with van der Waals surface area (Å²) in [4.78, 5) is 23.8. The third-order valence-corrected chi connectivity index (χ3v) is 5.06. The molecule has 2 aliphatic rings. The predicted octanol–water partition coefficient (Wildman–Crippen LogP) is 2.17. The third-order valence-electron chi connectivity index (χ3n) is 4.32. The van der Waals surface area contributed by atoms with Crippen molar-refractivity contribution in [2.24, 2.45) is 11.8 Å². The van der Waals surface area contributed by atoms with Crippen molar-refractivity contribution in [3.8, 4) is 0 Å². The number of carbonyl (C=O) groups excluding carboxylic acids is 2. The zero-order valence-corrected chi connectivity index (χ0v) is 12.3. The highest BCUT2D eigenvalue weighted by molar-refractivity contribution is 6.42. The largest absolute Gasteiger partial charge is 0.385 e. The number of hydrogen-bond donors (Lipinski definition) is 1. The number of ether oxygens (including phenoxy) is 1. The molecular formula is C14H13Cl2NO3. The van der Waals surface area contributed by atoms with Gasteiger partial charge in [0.2, 0.25) is 11.8 Å². The fraction of sp³-hybridized carbons (Fsp3) is 0.429. The van der Waals surface area contributed by atoms with Gasteiger partial charge in [0.25, 0.3) is 0 Å². The Hall–Kier alpha value is -1.10. The second-order valence-corrected chi connectivity index (χ2v) is 6.04. The molecule has 0 spiro atoms. The lowest BCUT2D eigenvalue weighted by Gasteiger charge is -2.21. The van der Waals surface area contributed by atoms with Gasteiger partial charge < -0.3 is 4.74 Å². The molecule has 4 nitrogen and oxygen atoms in total. The highest BCUT2D eigenvalue weighted by atomic mass is 35.5. The molecule has 2 atom stereocenters. The van der Waals surface area contributed by atoms with E-state index in [0.717, 1.165) is 5.56 Å². The van der Waals surface area contributed by atoms with Gasteiger partial charge in [-0.1, -0.05) is 29.3 Å². The van der Waals surface area contributed by atoms with Crippen molar-refractivity contribution in [1.82, 2.24) is 5.32 Å². The molecule has 0 radical (unpaired) electrons. The average Bonchev–Trinajstić information content (AvgIpc) is 3.00. The second-order valence-electron chi connectivity index (χ2n) is 5.22. The molecule has 1 heterocycles. The van der Waals surface area contributed by atoms with Crippen LogP contribution in [0.4, 0.5) is 0 Å². The minimum atomic E-state index is -0.496. The predicted molar refractivity (Wildman–Crippen MR) is 74.8 cm³/mol. The first-order valence-electron chi connectivity index (χ1n) is 6.31. The van der Waals surface area contributed by atoms with E-state index in [2.05, 4.69) is 5.32 Å². The SMILES string of the molecule is COCCC1(c2ccc(Cl)c(Cl)c2)C2C(=O)NC(=O)C21. The number of nitrogens with one attached hydrogen (secondary N) is 1. The number of imide groups is 1. The Morgan fingerprint density at radius 1 is 1.20 bits per heavy atom. The van der Waals surface area contributed by atoms with E-state index < -0.39 is 5.41 Å². The van der Waals surface area contributed by atoms with Crippen LogP contribution in [0, 0.1) is 11.8 Å². The van der Waals surface area contributed by atoms with Crippen molar-refractivity contribution < 1.29 is 14.3 Å². The van der Waals surface area contributed by atoms with Gasteiger partial charge in [0, 0.05) is 19.1 Å². The molecule has 1 aliphatic heterocycles. The van der Waals surface area contributed by atoms with Gasteiger partial charge in [-0.05, 0) is 24.1 Å². The molecule has 1 saturated carbocycles. The summed E-state index contributed by atoms with van der Waals surface area (Å²) in [5.41, 5.74) is 0.381. The third kappa shape index (κ3) is 1.79. The van der Waals surface area contributed by atoms with E-state index in [4.69, 9.17) is 27.9 Å². The first-order chi connectivity index (χ1) is 9.52. The van der Waals surface area contributed by atoms with Crippen LogP contribution in [-0.2, 0) is 19.7 Å². The van der Waals surface area contributed by atoms with Gasteiger partial charge in [-0.3, -0.25) is 14.9 Å².